The molecule has 3 aromatic rings. The van der Waals surface area contributed by atoms with Gasteiger partial charge < -0.3 is 14.5 Å². The maximum Gasteiger partial charge on any atom is 0.281 e. The number of rotatable bonds is 7. The first-order valence-electron chi connectivity index (χ1n) is 10.8. The first-order valence-corrected chi connectivity index (χ1v) is 11.2. The Morgan fingerprint density at radius 3 is 2.52 bits per heavy atom. The van der Waals surface area contributed by atoms with Crippen LogP contribution in [0.4, 0.5) is 5.69 Å². The zero-order valence-corrected chi connectivity index (χ0v) is 18.5. The van der Waals surface area contributed by atoms with Gasteiger partial charge in [-0.25, -0.2) is 5.01 Å². The van der Waals surface area contributed by atoms with E-state index in [0.717, 1.165) is 24.1 Å². The normalized spacial score (nSPS) is 17.5. The molecule has 1 aliphatic carbocycles. The van der Waals surface area contributed by atoms with Crippen LogP contribution < -0.4 is 10.1 Å². The van der Waals surface area contributed by atoms with Crippen molar-refractivity contribution >= 4 is 34.8 Å². The number of halogens is 1. The third-order valence-corrected chi connectivity index (χ3v) is 5.90. The van der Waals surface area contributed by atoms with Gasteiger partial charge >= 0.3 is 0 Å². The number of amides is 2. The fraction of sp³-hybridized carbons (Fsp3) is 0.240. The van der Waals surface area contributed by atoms with Crippen molar-refractivity contribution in [2.45, 2.75) is 25.3 Å². The summed E-state index contributed by atoms with van der Waals surface area (Å²) in [6.07, 6.45) is 4.01. The Bertz CT molecular complexity index is 1170. The number of carbonyl (C=O) groups excluding carboxylic acids is 2. The number of hydrazone groups is 1. The number of furan rings is 1. The van der Waals surface area contributed by atoms with Gasteiger partial charge in [0, 0.05) is 23.0 Å². The van der Waals surface area contributed by atoms with Crippen LogP contribution in [0.2, 0.25) is 5.02 Å². The van der Waals surface area contributed by atoms with E-state index in [-0.39, 0.29) is 30.4 Å². The van der Waals surface area contributed by atoms with Gasteiger partial charge in [0.2, 0.25) is 5.91 Å². The van der Waals surface area contributed by atoms with Crippen molar-refractivity contribution in [1.82, 2.24) is 5.01 Å². The molecule has 0 saturated heterocycles. The summed E-state index contributed by atoms with van der Waals surface area (Å²) in [6, 6.07) is 17.6. The first kappa shape index (κ1) is 21.3. The van der Waals surface area contributed by atoms with E-state index in [1.54, 1.807) is 48.7 Å². The van der Waals surface area contributed by atoms with Gasteiger partial charge in [0.15, 0.2) is 6.61 Å². The number of benzene rings is 2. The number of hydrogen-bond donors (Lipinski definition) is 1. The van der Waals surface area contributed by atoms with Gasteiger partial charge in [-0.05, 0) is 66.9 Å². The molecule has 1 saturated carbocycles. The Labute approximate surface area is 196 Å². The molecule has 1 aliphatic heterocycles. The van der Waals surface area contributed by atoms with Crippen molar-refractivity contribution in [3.8, 4) is 5.75 Å². The van der Waals surface area contributed by atoms with Gasteiger partial charge in [-0.2, -0.15) is 5.10 Å². The molecule has 0 bridgehead atoms. The molecule has 8 heteroatoms. The minimum absolute atomic E-state index is 0.0474. The number of ether oxygens (including phenoxy) is 1. The molecule has 33 heavy (non-hydrogen) atoms. The van der Waals surface area contributed by atoms with Gasteiger partial charge in [0.1, 0.15) is 17.6 Å². The summed E-state index contributed by atoms with van der Waals surface area (Å²) < 4.78 is 11.3. The largest absolute Gasteiger partial charge is 0.484 e. The standard InChI is InChI=1S/C25H22ClN3O4/c26-18-7-5-16(6-8-18)21-14-22(23-2-1-13-32-23)29(28-21)24(30)15-33-20-11-9-19(10-12-20)27-25(31)17-3-4-17/h1-2,5-13,17,22H,3-4,14-15H2,(H,27,31). The van der Waals surface area contributed by atoms with Crippen LogP contribution in [0.3, 0.4) is 0 Å². The Morgan fingerprint density at radius 2 is 1.85 bits per heavy atom. The topological polar surface area (TPSA) is 84.1 Å². The van der Waals surface area contributed by atoms with Crippen LogP contribution in [0.5, 0.6) is 5.75 Å². The van der Waals surface area contributed by atoms with Crippen molar-refractivity contribution < 1.29 is 18.7 Å². The van der Waals surface area contributed by atoms with Crippen LogP contribution in [-0.4, -0.2) is 29.1 Å². The molecule has 2 heterocycles. The molecular weight excluding hydrogens is 442 g/mol. The highest BCUT2D eigenvalue weighted by Crippen LogP contribution is 2.33. The van der Waals surface area contributed by atoms with Gasteiger partial charge in [-0.15, -0.1) is 0 Å². The Balaban J connectivity index is 1.26. The van der Waals surface area contributed by atoms with Crippen LogP contribution in [0.1, 0.15) is 36.6 Å². The third kappa shape index (κ3) is 4.93. The number of hydrogen-bond acceptors (Lipinski definition) is 5. The fourth-order valence-electron chi connectivity index (χ4n) is 3.70. The lowest BCUT2D eigenvalue weighted by Gasteiger charge is -2.20. The second-order valence-corrected chi connectivity index (χ2v) is 8.54. The molecule has 7 nitrogen and oxygen atoms in total. The van der Waals surface area contributed by atoms with E-state index in [4.69, 9.17) is 20.8 Å². The van der Waals surface area contributed by atoms with Gasteiger partial charge in [-0.1, -0.05) is 23.7 Å². The zero-order valence-electron chi connectivity index (χ0n) is 17.7. The van der Waals surface area contributed by atoms with E-state index < -0.39 is 0 Å². The average Bonchev–Trinajstić information content (AvgIpc) is 3.36. The summed E-state index contributed by atoms with van der Waals surface area (Å²) in [5, 5.41) is 9.52. The average molecular weight is 464 g/mol. The summed E-state index contributed by atoms with van der Waals surface area (Å²) in [7, 11) is 0. The van der Waals surface area contributed by atoms with Crippen molar-refractivity contribution in [2.75, 3.05) is 11.9 Å². The smallest absolute Gasteiger partial charge is 0.281 e. The van der Waals surface area contributed by atoms with Gasteiger partial charge in [0.25, 0.3) is 5.91 Å². The van der Waals surface area contributed by atoms with Crippen LogP contribution in [-0.2, 0) is 9.59 Å². The predicted molar refractivity (Wildman–Crippen MR) is 124 cm³/mol. The number of anilines is 1. The van der Waals surface area contributed by atoms with Crippen LogP contribution >= 0.6 is 11.6 Å². The molecule has 168 valence electrons. The Kier molecular flexibility index (Phi) is 5.88. The van der Waals surface area contributed by atoms with Crippen molar-refractivity contribution in [3.05, 3.63) is 83.3 Å². The summed E-state index contributed by atoms with van der Waals surface area (Å²) in [6.45, 7) is -0.178. The molecule has 1 atom stereocenters. The van der Waals surface area contributed by atoms with Crippen molar-refractivity contribution in [1.29, 1.82) is 0 Å². The highest BCUT2D eigenvalue weighted by atomic mass is 35.5. The molecule has 2 aromatic carbocycles. The molecular formula is C25H22ClN3O4. The summed E-state index contributed by atoms with van der Waals surface area (Å²) >= 11 is 6.00. The van der Waals surface area contributed by atoms with E-state index >= 15 is 0 Å². The minimum Gasteiger partial charge on any atom is -0.484 e. The van der Waals surface area contributed by atoms with Gasteiger partial charge in [-0.3, -0.25) is 9.59 Å². The molecule has 2 amide bonds. The van der Waals surface area contributed by atoms with Crippen LogP contribution in [0, 0.1) is 5.92 Å². The zero-order chi connectivity index (χ0) is 22.8. The first-order chi connectivity index (χ1) is 16.1. The number of nitrogens with zero attached hydrogens (tertiary/aromatic N) is 2. The van der Waals surface area contributed by atoms with E-state index in [0.29, 0.717) is 28.6 Å². The van der Waals surface area contributed by atoms with Crippen LogP contribution in [0.15, 0.2) is 76.4 Å². The van der Waals surface area contributed by atoms with E-state index in [2.05, 4.69) is 10.4 Å². The predicted octanol–water partition coefficient (Wildman–Crippen LogP) is 5.04. The quantitative estimate of drug-likeness (QED) is 0.532. The monoisotopic (exact) mass is 463 g/mol. The molecule has 1 fully saturated rings. The molecule has 5 rings (SSSR count). The molecule has 1 aromatic heterocycles. The molecule has 1 unspecified atom stereocenters. The maximum absolute atomic E-state index is 13.0. The lowest BCUT2D eigenvalue weighted by molar-refractivity contribution is -0.135. The summed E-state index contributed by atoms with van der Waals surface area (Å²) in [4.78, 5) is 24.9. The number of carbonyl (C=O) groups is 2. The Morgan fingerprint density at radius 1 is 1.09 bits per heavy atom. The Hall–Kier alpha value is -3.58. The maximum atomic E-state index is 13.0. The van der Waals surface area contributed by atoms with E-state index in [9.17, 15) is 9.59 Å². The molecule has 1 N–H and O–H groups in total. The fourth-order valence-corrected chi connectivity index (χ4v) is 3.82. The van der Waals surface area contributed by atoms with Gasteiger partial charge in [0.05, 0.1) is 12.0 Å². The molecule has 0 radical (unpaired) electrons. The third-order valence-electron chi connectivity index (χ3n) is 5.65. The summed E-state index contributed by atoms with van der Waals surface area (Å²) in [5.41, 5.74) is 2.38. The van der Waals surface area contributed by atoms with E-state index in [1.807, 2.05) is 18.2 Å². The lowest BCUT2D eigenvalue weighted by Crippen LogP contribution is -2.31. The summed E-state index contributed by atoms with van der Waals surface area (Å²) in [5.74, 6) is 1.09. The number of nitrogens with one attached hydrogen (secondary N) is 1. The second kappa shape index (κ2) is 9.11. The molecule has 0 spiro atoms. The minimum atomic E-state index is -0.346. The highest BCUT2D eigenvalue weighted by Gasteiger charge is 2.35. The second-order valence-electron chi connectivity index (χ2n) is 8.10. The highest BCUT2D eigenvalue weighted by molar-refractivity contribution is 6.30. The molecule has 2 aliphatic rings. The lowest BCUT2D eigenvalue weighted by atomic mass is 10.0. The van der Waals surface area contributed by atoms with E-state index in [1.165, 1.54) is 5.01 Å². The SMILES string of the molecule is O=C(Nc1ccc(OCC(=O)N2N=C(c3ccc(Cl)cc3)CC2c2ccco2)cc1)C1CC1. The van der Waals surface area contributed by atoms with Crippen LogP contribution in [0.25, 0.3) is 0 Å². The van der Waals surface area contributed by atoms with Crippen molar-refractivity contribution in [2.24, 2.45) is 11.0 Å². The van der Waals surface area contributed by atoms with Crippen molar-refractivity contribution in [3.63, 3.8) is 0 Å².